The minimum atomic E-state index is -4.13. The second kappa shape index (κ2) is 9.36. The molecule has 0 atom stereocenters. The van der Waals surface area contributed by atoms with Crippen molar-refractivity contribution in [1.82, 2.24) is 4.72 Å². The fourth-order valence-electron chi connectivity index (χ4n) is 4.21. The molecule has 0 spiro atoms. The van der Waals surface area contributed by atoms with Crippen molar-refractivity contribution in [3.05, 3.63) is 137 Å². The van der Waals surface area contributed by atoms with Gasteiger partial charge in [0.15, 0.2) is 18.1 Å². The van der Waals surface area contributed by atoms with E-state index in [-0.39, 0.29) is 27.4 Å². The van der Waals surface area contributed by atoms with Crippen LogP contribution in [0.5, 0.6) is 0 Å². The number of aryl methyl sites for hydroxylation is 1. The molecule has 4 aromatic rings. The number of ketones is 2. The lowest BCUT2D eigenvalue weighted by molar-refractivity contribution is -0.577. The normalized spacial score (nSPS) is 13.5. The van der Waals surface area contributed by atoms with E-state index in [4.69, 9.17) is 0 Å². The van der Waals surface area contributed by atoms with Gasteiger partial charge in [0.25, 0.3) is 21.5 Å². The number of hydrogen-bond donors (Lipinski definition) is 1. The zero-order valence-corrected chi connectivity index (χ0v) is 20.3. The third kappa shape index (κ3) is 4.48. The van der Waals surface area contributed by atoms with E-state index < -0.39 is 21.6 Å². The molecule has 178 valence electrons. The van der Waals surface area contributed by atoms with Crippen LogP contribution in [0.2, 0.25) is 0 Å². The maximum atomic E-state index is 13.6. The highest BCUT2D eigenvalue weighted by atomic mass is 32.2. The van der Waals surface area contributed by atoms with Crippen LogP contribution in [-0.2, 0) is 16.4 Å². The molecule has 6 nitrogen and oxygen atoms in total. The highest BCUT2D eigenvalue weighted by molar-refractivity contribution is 7.89. The summed E-state index contributed by atoms with van der Waals surface area (Å²) in [4.78, 5) is 27.2. The average Bonchev–Trinajstić information content (AvgIpc) is 2.88. The van der Waals surface area contributed by atoms with E-state index in [1.807, 2.05) is 43.3 Å². The molecule has 0 bridgehead atoms. The highest BCUT2D eigenvalue weighted by Gasteiger charge is 2.40. The van der Waals surface area contributed by atoms with Crippen LogP contribution in [0.4, 0.5) is 0 Å². The molecular formula is C29H23N2O4S+. The predicted molar refractivity (Wildman–Crippen MR) is 136 cm³/mol. The van der Waals surface area contributed by atoms with E-state index >= 15 is 0 Å². The molecule has 1 aliphatic rings. The summed E-state index contributed by atoms with van der Waals surface area (Å²) in [6, 6.07) is 26.3. The minimum absolute atomic E-state index is 0.00175. The first-order valence-corrected chi connectivity index (χ1v) is 12.9. The van der Waals surface area contributed by atoms with Gasteiger partial charge in [0.2, 0.25) is 5.78 Å². The SMILES string of the molecule is Cc1ccc(S(=O)(=O)NC2=C([n+]3cccc(Cc4ccccc4)c3)C(=O)c3ccccc3C2=O)cc1. The third-order valence-electron chi connectivity index (χ3n) is 6.03. The van der Waals surface area contributed by atoms with Gasteiger partial charge in [0.1, 0.15) is 0 Å². The fourth-order valence-corrected chi connectivity index (χ4v) is 5.28. The molecule has 7 heteroatoms. The van der Waals surface area contributed by atoms with Gasteiger partial charge in [0, 0.05) is 29.2 Å². The Balaban J connectivity index is 1.64. The minimum Gasteiger partial charge on any atom is -0.287 e. The number of Topliss-reactive ketones (excluding diaryl/α,β-unsaturated/α-hetero) is 2. The summed E-state index contributed by atoms with van der Waals surface area (Å²) in [7, 11) is -4.13. The molecule has 0 unspecified atom stereocenters. The topological polar surface area (TPSA) is 84.2 Å². The van der Waals surface area contributed by atoms with E-state index in [1.165, 1.54) is 22.8 Å². The van der Waals surface area contributed by atoms with E-state index in [0.717, 1.165) is 16.7 Å². The fraction of sp³-hybridized carbons (Fsp3) is 0.0690. The Labute approximate surface area is 209 Å². The van der Waals surface area contributed by atoms with Crippen LogP contribution < -0.4 is 9.29 Å². The summed E-state index contributed by atoms with van der Waals surface area (Å²) in [5, 5.41) is 0. The quantitative estimate of drug-likeness (QED) is 0.408. The number of nitrogens with zero attached hydrogens (tertiary/aromatic N) is 1. The van der Waals surface area contributed by atoms with Crippen LogP contribution >= 0.6 is 0 Å². The first-order chi connectivity index (χ1) is 17.3. The van der Waals surface area contributed by atoms with Gasteiger partial charge in [-0.05, 0) is 30.7 Å². The van der Waals surface area contributed by atoms with Gasteiger partial charge in [-0.25, -0.2) is 8.42 Å². The van der Waals surface area contributed by atoms with Gasteiger partial charge in [0.05, 0.1) is 4.90 Å². The Morgan fingerprint density at radius 3 is 2.03 bits per heavy atom. The molecule has 0 fully saturated rings. The molecule has 5 rings (SSSR count). The second-order valence-electron chi connectivity index (χ2n) is 8.63. The van der Waals surface area contributed by atoms with Crippen LogP contribution in [0.25, 0.3) is 5.70 Å². The monoisotopic (exact) mass is 495 g/mol. The maximum absolute atomic E-state index is 13.6. The molecule has 3 aromatic carbocycles. The summed E-state index contributed by atoms with van der Waals surface area (Å²) in [6.45, 7) is 1.85. The van der Waals surface area contributed by atoms with Gasteiger partial charge in [-0.1, -0.05) is 72.3 Å². The van der Waals surface area contributed by atoms with Crippen LogP contribution in [0.15, 0.2) is 114 Å². The molecule has 0 aliphatic heterocycles. The number of carbonyl (C=O) groups excluding carboxylic acids is 2. The lowest BCUT2D eigenvalue weighted by Gasteiger charge is -2.18. The molecule has 1 N–H and O–H groups in total. The molecule has 1 aromatic heterocycles. The molecule has 0 radical (unpaired) electrons. The number of nitrogens with one attached hydrogen (secondary N) is 1. The van der Waals surface area contributed by atoms with Gasteiger partial charge in [-0.15, -0.1) is 0 Å². The standard InChI is InChI=1S/C29H22N2O4S/c1-20-13-15-23(16-14-20)36(34,35)30-26-27(29(33)25-12-6-5-11-24(25)28(26)32)31-17-7-10-22(19-31)18-21-8-3-2-4-9-21/h2-17,19H,18H2,1H3/p+1. The van der Waals surface area contributed by atoms with Gasteiger partial charge in [-0.3, -0.25) is 14.3 Å². The van der Waals surface area contributed by atoms with Crippen molar-refractivity contribution in [3.63, 3.8) is 0 Å². The number of pyridine rings is 1. The molecule has 0 amide bonds. The lowest BCUT2D eigenvalue weighted by Crippen LogP contribution is -2.44. The Morgan fingerprint density at radius 2 is 1.33 bits per heavy atom. The first kappa shape index (κ1) is 23.4. The average molecular weight is 496 g/mol. The Hall–Kier alpha value is -4.36. The van der Waals surface area contributed by atoms with Crippen LogP contribution in [0.3, 0.4) is 0 Å². The van der Waals surface area contributed by atoms with Crippen molar-refractivity contribution in [2.45, 2.75) is 18.2 Å². The predicted octanol–water partition coefficient (Wildman–Crippen LogP) is 4.10. The van der Waals surface area contributed by atoms with Crippen LogP contribution in [-0.4, -0.2) is 20.0 Å². The van der Waals surface area contributed by atoms with Gasteiger partial charge < -0.3 is 0 Å². The van der Waals surface area contributed by atoms with Crippen molar-refractivity contribution >= 4 is 27.3 Å². The van der Waals surface area contributed by atoms with Crippen molar-refractivity contribution in [2.75, 3.05) is 0 Å². The lowest BCUT2D eigenvalue weighted by atomic mass is 9.90. The smallest absolute Gasteiger partial charge is 0.287 e. The number of aromatic nitrogens is 1. The van der Waals surface area contributed by atoms with E-state index in [2.05, 4.69) is 4.72 Å². The van der Waals surface area contributed by atoms with Crippen molar-refractivity contribution < 1.29 is 22.6 Å². The number of allylic oxidation sites excluding steroid dienone is 2. The number of carbonyl (C=O) groups is 2. The number of fused-ring (bicyclic) bond motifs is 1. The number of benzene rings is 3. The van der Waals surface area contributed by atoms with Crippen molar-refractivity contribution in [3.8, 4) is 0 Å². The number of rotatable bonds is 6. The van der Waals surface area contributed by atoms with Crippen molar-refractivity contribution in [2.24, 2.45) is 0 Å². The molecule has 0 saturated heterocycles. The van der Waals surface area contributed by atoms with E-state index in [0.29, 0.717) is 6.42 Å². The Bertz CT molecular complexity index is 1620. The van der Waals surface area contributed by atoms with Gasteiger partial charge >= 0.3 is 0 Å². The zero-order chi connectivity index (χ0) is 25.3. The molecule has 1 heterocycles. The number of sulfonamides is 1. The summed E-state index contributed by atoms with van der Waals surface area (Å²) >= 11 is 0. The van der Waals surface area contributed by atoms with Gasteiger partial charge in [-0.2, -0.15) is 4.57 Å². The van der Waals surface area contributed by atoms with E-state index in [1.54, 1.807) is 48.8 Å². The highest BCUT2D eigenvalue weighted by Crippen LogP contribution is 2.26. The molecular weight excluding hydrogens is 472 g/mol. The largest absolute Gasteiger partial charge is 0.287 e. The van der Waals surface area contributed by atoms with Crippen LogP contribution in [0.1, 0.15) is 37.4 Å². The number of hydrogen-bond acceptors (Lipinski definition) is 4. The summed E-state index contributed by atoms with van der Waals surface area (Å²) in [5.41, 5.74) is 2.96. The third-order valence-corrected chi connectivity index (χ3v) is 7.40. The first-order valence-electron chi connectivity index (χ1n) is 11.4. The second-order valence-corrected chi connectivity index (χ2v) is 10.3. The zero-order valence-electron chi connectivity index (χ0n) is 19.5. The maximum Gasteiger partial charge on any atom is 0.287 e. The molecule has 0 saturated carbocycles. The Morgan fingerprint density at radius 1 is 0.722 bits per heavy atom. The van der Waals surface area contributed by atoms with E-state index in [9.17, 15) is 18.0 Å². The summed E-state index contributed by atoms with van der Waals surface area (Å²) < 4.78 is 30.4. The van der Waals surface area contributed by atoms with Crippen molar-refractivity contribution in [1.29, 1.82) is 0 Å². The molecule has 36 heavy (non-hydrogen) atoms. The van der Waals surface area contributed by atoms with Crippen LogP contribution in [0, 0.1) is 6.92 Å². The summed E-state index contributed by atoms with van der Waals surface area (Å²) in [5.74, 6) is -0.995. The summed E-state index contributed by atoms with van der Waals surface area (Å²) in [6.07, 6.45) is 4.00. The molecule has 1 aliphatic carbocycles. The Kier molecular flexibility index (Phi) is 6.08.